The van der Waals surface area contributed by atoms with Crippen molar-refractivity contribution in [1.29, 1.82) is 0 Å². The summed E-state index contributed by atoms with van der Waals surface area (Å²) in [5, 5.41) is 4.86. The Morgan fingerprint density at radius 2 is 1.92 bits per heavy atom. The standard InChI is InChI=1S/C27H27F2N5O4/c1-14-23(30-19-9-7-16(28)11-17(19)24(14)35)25-31-22-13-33(26(36)38-27(2,3)4)20(12-34(22)32-25)15-6-8-18(29)21(10-15)37-5/h6-11,20H,12-13H2,1-5H3,(H,30,35). The van der Waals surface area contributed by atoms with Gasteiger partial charge in [-0.05, 0) is 63.6 Å². The number of rotatable bonds is 3. The van der Waals surface area contributed by atoms with Crippen LogP contribution in [0.5, 0.6) is 5.75 Å². The molecule has 4 aromatic rings. The largest absolute Gasteiger partial charge is 0.494 e. The number of hydrogen-bond donors (Lipinski definition) is 1. The van der Waals surface area contributed by atoms with E-state index in [1.165, 1.54) is 36.3 Å². The van der Waals surface area contributed by atoms with E-state index in [4.69, 9.17) is 9.47 Å². The lowest BCUT2D eigenvalue weighted by Gasteiger charge is -2.36. The summed E-state index contributed by atoms with van der Waals surface area (Å²) in [6.07, 6.45) is -0.557. The second kappa shape index (κ2) is 9.23. The molecule has 1 N–H and O–H groups in total. The van der Waals surface area contributed by atoms with Gasteiger partial charge < -0.3 is 14.5 Å². The SMILES string of the molecule is COc1cc(C2Cn3nc(-c4[nH]c5ccc(F)cc5c(=O)c4C)nc3CN2C(=O)OC(C)(C)C)ccc1F. The predicted molar refractivity (Wildman–Crippen MR) is 136 cm³/mol. The maximum absolute atomic E-state index is 14.1. The molecule has 0 saturated heterocycles. The molecular formula is C27H27F2N5O4. The zero-order valence-electron chi connectivity index (χ0n) is 21.6. The van der Waals surface area contributed by atoms with E-state index in [-0.39, 0.29) is 35.5 Å². The van der Waals surface area contributed by atoms with Gasteiger partial charge in [0.05, 0.1) is 37.5 Å². The lowest BCUT2D eigenvalue weighted by Crippen LogP contribution is -2.44. The van der Waals surface area contributed by atoms with Crippen LogP contribution in [0.3, 0.4) is 0 Å². The highest BCUT2D eigenvalue weighted by molar-refractivity contribution is 5.82. The molecule has 2 aromatic heterocycles. The molecule has 11 heteroatoms. The number of carbonyl (C=O) groups excluding carboxylic acids is 1. The van der Waals surface area contributed by atoms with Crippen LogP contribution in [0, 0.1) is 18.6 Å². The Kier molecular flexibility index (Phi) is 6.16. The van der Waals surface area contributed by atoms with Gasteiger partial charge in [0.15, 0.2) is 22.8 Å². The van der Waals surface area contributed by atoms with Crippen molar-refractivity contribution in [3.63, 3.8) is 0 Å². The highest BCUT2D eigenvalue weighted by atomic mass is 19.1. The molecule has 0 radical (unpaired) electrons. The molecule has 1 aliphatic heterocycles. The topological polar surface area (TPSA) is 102 Å². The predicted octanol–water partition coefficient (Wildman–Crippen LogP) is 4.87. The van der Waals surface area contributed by atoms with Crippen LogP contribution >= 0.6 is 0 Å². The maximum atomic E-state index is 14.1. The molecule has 0 fully saturated rings. The van der Waals surface area contributed by atoms with Gasteiger partial charge in [-0.15, -0.1) is 5.10 Å². The summed E-state index contributed by atoms with van der Waals surface area (Å²) in [4.78, 5) is 35.5. The van der Waals surface area contributed by atoms with Crippen LogP contribution < -0.4 is 10.2 Å². The Hall–Kier alpha value is -4.28. The molecule has 1 aliphatic rings. The summed E-state index contributed by atoms with van der Waals surface area (Å²) in [6, 6.07) is 7.82. The minimum Gasteiger partial charge on any atom is -0.494 e. The minimum atomic E-state index is -0.737. The first-order valence-electron chi connectivity index (χ1n) is 12.0. The monoisotopic (exact) mass is 523 g/mol. The summed E-state index contributed by atoms with van der Waals surface area (Å²) >= 11 is 0. The van der Waals surface area contributed by atoms with Gasteiger partial charge in [0.1, 0.15) is 17.2 Å². The van der Waals surface area contributed by atoms with E-state index in [1.807, 2.05) is 0 Å². The number of nitrogens with one attached hydrogen (secondary N) is 1. The van der Waals surface area contributed by atoms with Crippen LogP contribution in [0.25, 0.3) is 22.4 Å². The maximum Gasteiger partial charge on any atom is 0.411 e. The van der Waals surface area contributed by atoms with Gasteiger partial charge in [-0.3, -0.25) is 9.69 Å². The molecule has 3 heterocycles. The molecule has 38 heavy (non-hydrogen) atoms. The first-order chi connectivity index (χ1) is 17.9. The van der Waals surface area contributed by atoms with Gasteiger partial charge in [-0.2, -0.15) is 0 Å². The molecule has 0 aliphatic carbocycles. The van der Waals surface area contributed by atoms with Gasteiger partial charge in [0, 0.05) is 10.9 Å². The number of amides is 1. The van der Waals surface area contributed by atoms with E-state index in [1.54, 1.807) is 44.5 Å². The molecule has 0 saturated carbocycles. The quantitative estimate of drug-likeness (QED) is 0.411. The number of methoxy groups -OCH3 is 1. The third kappa shape index (κ3) is 4.59. The number of nitrogens with zero attached hydrogens (tertiary/aromatic N) is 4. The summed E-state index contributed by atoms with van der Waals surface area (Å²) < 4.78 is 40.3. The summed E-state index contributed by atoms with van der Waals surface area (Å²) in [5.74, 6) is -0.220. The second-order valence-electron chi connectivity index (χ2n) is 10.2. The molecule has 0 bridgehead atoms. The summed E-state index contributed by atoms with van der Waals surface area (Å²) in [6.45, 7) is 7.22. The van der Waals surface area contributed by atoms with Crippen molar-refractivity contribution in [2.45, 2.75) is 52.4 Å². The fraction of sp³-hybridized carbons (Fsp3) is 0.333. The van der Waals surface area contributed by atoms with Gasteiger partial charge in [0.2, 0.25) is 0 Å². The Labute approximate surface area is 217 Å². The third-order valence-corrected chi connectivity index (χ3v) is 6.40. The van der Waals surface area contributed by atoms with Crippen LogP contribution in [-0.2, 0) is 17.8 Å². The number of hydrogen-bond acceptors (Lipinski definition) is 6. The van der Waals surface area contributed by atoms with E-state index in [9.17, 15) is 18.4 Å². The Morgan fingerprint density at radius 1 is 1.16 bits per heavy atom. The number of H-pyrrole nitrogens is 1. The zero-order valence-corrected chi connectivity index (χ0v) is 21.6. The first kappa shape index (κ1) is 25.4. The molecule has 1 atom stereocenters. The number of pyridine rings is 1. The van der Waals surface area contributed by atoms with Crippen molar-refractivity contribution in [1.82, 2.24) is 24.6 Å². The summed E-state index contributed by atoms with van der Waals surface area (Å²) in [5.41, 5.74) is 0.771. The fourth-order valence-electron chi connectivity index (χ4n) is 4.53. The number of aromatic nitrogens is 4. The first-order valence-corrected chi connectivity index (χ1v) is 12.0. The zero-order chi connectivity index (χ0) is 27.4. The van der Waals surface area contributed by atoms with Crippen LogP contribution in [0.1, 0.15) is 43.8 Å². The number of aromatic amines is 1. The van der Waals surface area contributed by atoms with Crippen LogP contribution in [0.2, 0.25) is 0 Å². The highest BCUT2D eigenvalue weighted by Gasteiger charge is 2.36. The Bertz CT molecular complexity index is 1620. The number of fused-ring (bicyclic) bond motifs is 2. The average Bonchev–Trinajstić information content (AvgIpc) is 3.28. The van der Waals surface area contributed by atoms with Crippen LogP contribution in [0.15, 0.2) is 41.2 Å². The summed E-state index contributed by atoms with van der Waals surface area (Å²) in [7, 11) is 1.37. The number of benzene rings is 2. The molecule has 198 valence electrons. The smallest absolute Gasteiger partial charge is 0.411 e. The second-order valence-corrected chi connectivity index (χ2v) is 10.2. The molecule has 5 rings (SSSR count). The molecule has 1 amide bonds. The number of carbonyl (C=O) groups is 1. The van der Waals surface area contributed by atoms with E-state index in [2.05, 4.69) is 15.1 Å². The third-order valence-electron chi connectivity index (χ3n) is 6.40. The van der Waals surface area contributed by atoms with Gasteiger partial charge in [-0.1, -0.05) is 6.07 Å². The molecule has 9 nitrogen and oxygen atoms in total. The van der Waals surface area contributed by atoms with Crippen LogP contribution in [-0.4, -0.2) is 43.5 Å². The minimum absolute atomic E-state index is 0.0533. The van der Waals surface area contributed by atoms with Crippen molar-refractivity contribution in [3.05, 3.63) is 75.2 Å². The molecular weight excluding hydrogens is 496 g/mol. The van der Waals surface area contributed by atoms with Gasteiger partial charge in [-0.25, -0.2) is 23.2 Å². The van der Waals surface area contributed by atoms with E-state index in [0.717, 1.165) is 0 Å². The lowest BCUT2D eigenvalue weighted by molar-refractivity contribution is 0.00574. The van der Waals surface area contributed by atoms with Crippen molar-refractivity contribution >= 4 is 17.0 Å². The average molecular weight is 524 g/mol. The van der Waals surface area contributed by atoms with Crippen molar-refractivity contribution in [2.24, 2.45) is 0 Å². The van der Waals surface area contributed by atoms with E-state index in [0.29, 0.717) is 28.2 Å². The van der Waals surface area contributed by atoms with Crippen LogP contribution in [0.4, 0.5) is 13.6 Å². The van der Waals surface area contributed by atoms with Crippen molar-refractivity contribution < 1.29 is 23.0 Å². The number of halogens is 2. The molecule has 1 unspecified atom stereocenters. The highest BCUT2D eigenvalue weighted by Crippen LogP contribution is 2.34. The van der Waals surface area contributed by atoms with Crippen molar-refractivity contribution in [3.8, 4) is 17.3 Å². The normalized spacial score (nSPS) is 15.4. The van der Waals surface area contributed by atoms with Crippen molar-refractivity contribution in [2.75, 3.05) is 7.11 Å². The van der Waals surface area contributed by atoms with E-state index < -0.39 is 29.4 Å². The molecule has 2 aromatic carbocycles. The van der Waals surface area contributed by atoms with E-state index >= 15 is 0 Å². The molecule has 0 spiro atoms. The Balaban J connectivity index is 1.59. The van der Waals surface area contributed by atoms with Gasteiger partial charge >= 0.3 is 6.09 Å². The number of ether oxygens (including phenoxy) is 2. The van der Waals surface area contributed by atoms with Gasteiger partial charge in [0.25, 0.3) is 0 Å². The lowest BCUT2D eigenvalue weighted by atomic mass is 10.0. The fourth-order valence-corrected chi connectivity index (χ4v) is 4.53. The Morgan fingerprint density at radius 3 is 2.63 bits per heavy atom.